The van der Waals surface area contributed by atoms with Crippen molar-refractivity contribution in [2.24, 2.45) is 0 Å². The van der Waals surface area contributed by atoms with E-state index in [4.69, 9.17) is 15.1 Å². The number of benzene rings is 6. The molecular formula is C45H30N4. The van der Waals surface area contributed by atoms with Crippen molar-refractivity contribution < 1.29 is 0 Å². The van der Waals surface area contributed by atoms with Gasteiger partial charge in [-0.25, -0.2) is 14.5 Å². The molecule has 0 aliphatic carbocycles. The Morgan fingerprint density at radius 1 is 0.388 bits per heavy atom. The minimum absolute atomic E-state index is 0.694. The van der Waals surface area contributed by atoms with Crippen molar-refractivity contribution in [3.63, 3.8) is 0 Å². The van der Waals surface area contributed by atoms with Gasteiger partial charge >= 0.3 is 0 Å². The zero-order valence-electron chi connectivity index (χ0n) is 26.6. The third kappa shape index (κ3) is 5.26. The lowest BCUT2D eigenvalue weighted by Crippen LogP contribution is -1.96. The average molecular weight is 627 g/mol. The second-order valence-corrected chi connectivity index (χ2v) is 12.1. The molecule has 0 unspecified atom stereocenters. The van der Waals surface area contributed by atoms with Crippen LogP contribution in [0, 0.1) is 0 Å². The normalized spacial score (nSPS) is 11.3. The van der Waals surface area contributed by atoms with Crippen molar-refractivity contribution in [2.45, 2.75) is 0 Å². The number of hydrogen-bond donors (Lipinski definition) is 0. The topological polar surface area (TPSA) is 43.1 Å². The number of rotatable bonds is 6. The Morgan fingerprint density at radius 2 is 0.918 bits per heavy atom. The van der Waals surface area contributed by atoms with Gasteiger partial charge in [-0.3, -0.25) is 0 Å². The summed E-state index contributed by atoms with van der Waals surface area (Å²) in [6.45, 7) is 0. The smallest absolute Gasteiger partial charge is 0.160 e. The van der Waals surface area contributed by atoms with E-state index in [1.807, 2.05) is 36.4 Å². The minimum Gasteiger partial charge on any atom is -0.231 e. The predicted molar refractivity (Wildman–Crippen MR) is 201 cm³/mol. The van der Waals surface area contributed by atoms with Crippen molar-refractivity contribution in [1.29, 1.82) is 0 Å². The van der Waals surface area contributed by atoms with E-state index in [-0.39, 0.29) is 0 Å². The SMILES string of the molecule is c1ccc(-c2cc(-c3cccc(-c4nn5c(-c6ccccc6)cc6ccccc6c5c4-c4ccccc4)c3)nc(-c3ccccc3)n2)cc1. The molecule has 6 aromatic carbocycles. The van der Waals surface area contributed by atoms with E-state index >= 15 is 0 Å². The number of hydrogen-bond acceptors (Lipinski definition) is 3. The van der Waals surface area contributed by atoms with Crippen molar-refractivity contribution >= 4 is 16.3 Å². The summed E-state index contributed by atoms with van der Waals surface area (Å²) in [5.41, 5.74) is 12.2. The van der Waals surface area contributed by atoms with Gasteiger partial charge in [0.25, 0.3) is 0 Å². The molecule has 0 N–H and O–H groups in total. The van der Waals surface area contributed by atoms with Crippen LogP contribution >= 0.6 is 0 Å². The van der Waals surface area contributed by atoms with Crippen LogP contribution in [0.5, 0.6) is 0 Å². The number of fused-ring (bicyclic) bond motifs is 3. The molecule has 49 heavy (non-hydrogen) atoms. The van der Waals surface area contributed by atoms with Crippen molar-refractivity contribution in [2.75, 3.05) is 0 Å². The summed E-state index contributed by atoms with van der Waals surface area (Å²) in [7, 11) is 0. The lowest BCUT2D eigenvalue weighted by atomic mass is 9.95. The molecule has 9 aromatic rings. The van der Waals surface area contributed by atoms with E-state index in [9.17, 15) is 0 Å². The molecule has 0 amide bonds. The van der Waals surface area contributed by atoms with E-state index < -0.39 is 0 Å². The molecule has 230 valence electrons. The number of aromatic nitrogens is 4. The molecule has 0 saturated carbocycles. The lowest BCUT2D eigenvalue weighted by molar-refractivity contribution is 0.979. The second-order valence-electron chi connectivity index (χ2n) is 12.1. The Hall–Kier alpha value is -6.65. The molecule has 0 spiro atoms. The van der Waals surface area contributed by atoms with E-state index in [0.717, 1.165) is 72.6 Å². The van der Waals surface area contributed by atoms with Crippen LogP contribution in [0.15, 0.2) is 182 Å². The summed E-state index contributed by atoms with van der Waals surface area (Å²) < 4.78 is 2.13. The monoisotopic (exact) mass is 626 g/mol. The maximum Gasteiger partial charge on any atom is 0.160 e. The van der Waals surface area contributed by atoms with Gasteiger partial charge in [0.2, 0.25) is 0 Å². The summed E-state index contributed by atoms with van der Waals surface area (Å²) in [4.78, 5) is 10.1. The zero-order chi connectivity index (χ0) is 32.6. The first-order valence-corrected chi connectivity index (χ1v) is 16.5. The van der Waals surface area contributed by atoms with E-state index in [1.54, 1.807) is 0 Å². The highest BCUT2D eigenvalue weighted by Gasteiger charge is 2.22. The summed E-state index contributed by atoms with van der Waals surface area (Å²) >= 11 is 0. The van der Waals surface area contributed by atoms with Gasteiger partial charge in [-0.05, 0) is 29.1 Å². The number of nitrogens with zero attached hydrogens (tertiary/aromatic N) is 4. The van der Waals surface area contributed by atoms with Gasteiger partial charge < -0.3 is 0 Å². The van der Waals surface area contributed by atoms with Crippen LogP contribution in [0.3, 0.4) is 0 Å². The van der Waals surface area contributed by atoms with Crippen molar-refractivity contribution in [3.05, 3.63) is 182 Å². The van der Waals surface area contributed by atoms with Gasteiger partial charge in [-0.15, -0.1) is 0 Å². The highest BCUT2D eigenvalue weighted by molar-refractivity contribution is 6.08. The third-order valence-corrected chi connectivity index (χ3v) is 9.01. The molecule has 9 rings (SSSR count). The van der Waals surface area contributed by atoms with Gasteiger partial charge in [-0.2, -0.15) is 5.10 Å². The largest absolute Gasteiger partial charge is 0.231 e. The zero-order valence-corrected chi connectivity index (χ0v) is 26.6. The first-order chi connectivity index (χ1) is 24.3. The van der Waals surface area contributed by atoms with Gasteiger partial charge in [0.15, 0.2) is 5.82 Å². The number of pyridine rings is 1. The molecule has 0 radical (unpaired) electrons. The van der Waals surface area contributed by atoms with Crippen LogP contribution in [-0.2, 0) is 0 Å². The first kappa shape index (κ1) is 28.6. The van der Waals surface area contributed by atoms with Crippen LogP contribution in [0.25, 0.3) is 83.8 Å². The maximum atomic E-state index is 5.43. The Morgan fingerprint density at radius 3 is 1.61 bits per heavy atom. The van der Waals surface area contributed by atoms with E-state index in [1.165, 1.54) is 5.39 Å². The summed E-state index contributed by atoms with van der Waals surface area (Å²) in [5, 5.41) is 7.77. The molecule has 4 nitrogen and oxygen atoms in total. The standard InChI is InChI=1S/C45H30N4/c1-5-16-31(17-6-1)39-30-40(47-45(46-39)34-22-11-4-12-23-34)36-25-15-26-37(28-36)43-42(33-20-9-3-10-21-33)44-38-27-14-13-24-35(38)29-41(49(44)48-43)32-18-7-2-8-19-32/h1-30H. The highest BCUT2D eigenvalue weighted by atomic mass is 15.2. The first-order valence-electron chi connectivity index (χ1n) is 16.5. The molecule has 0 aliphatic heterocycles. The maximum absolute atomic E-state index is 5.43. The van der Waals surface area contributed by atoms with Crippen LogP contribution in [-0.4, -0.2) is 19.6 Å². The minimum atomic E-state index is 0.694. The van der Waals surface area contributed by atoms with Crippen LogP contribution in [0.4, 0.5) is 0 Å². The molecule has 0 atom stereocenters. The van der Waals surface area contributed by atoms with Crippen molar-refractivity contribution in [1.82, 2.24) is 19.6 Å². The Balaban J connectivity index is 1.30. The predicted octanol–water partition coefficient (Wildman–Crippen LogP) is 11.3. The fraction of sp³-hybridized carbons (Fsp3) is 0. The highest BCUT2D eigenvalue weighted by Crippen LogP contribution is 2.41. The second kappa shape index (κ2) is 12.2. The van der Waals surface area contributed by atoms with Gasteiger partial charge in [0.1, 0.15) is 5.69 Å². The van der Waals surface area contributed by atoms with Crippen LogP contribution in [0.1, 0.15) is 0 Å². The Labute approximate surface area is 284 Å². The summed E-state index contributed by atoms with van der Waals surface area (Å²) in [6, 6.07) is 63.1. The molecule has 0 bridgehead atoms. The molecule has 3 aromatic heterocycles. The van der Waals surface area contributed by atoms with Crippen LogP contribution in [0.2, 0.25) is 0 Å². The van der Waals surface area contributed by atoms with Gasteiger partial charge in [0, 0.05) is 38.8 Å². The molecule has 3 heterocycles. The van der Waals surface area contributed by atoms with Crippen molar-refractivity contribution in [3.8, 4) is 67.5 Å². The molecular weight excluding hydrogens is 597 g/mol. The third-order valence-electron chi connectivity index (χ3n) is 9.01. The fourth-order valence-electron chi connectivity index (χ4n) is 6.68. The lowest BCUT2D eigenvalue weighted by Gasteiger charge is -2.11. The quantitative estimate of drug-likeness (QED) is 0.184. The average Bonchev–Trinajstić information content (AvgIpc) is 3.60. The molecule has 0 fully saturated rings. The Kier molecular flexibility index (Phi) is 7.10. The van der Waals surface area contributed by atoms with Crippen LogP contribution < -0.4 is 0 Å². The molecule has 0 saturated heterocycles. The van der Waals surface area contributed by atoms with E-state index in [0.29, 0.717) is 5.82 Å². The summed E-state index contributed by atoms with van der Waals surface area (Å²) in [6.07, 6.45) is 0. The Bertz CT molecular complexity index is 2520. The van der Waals surface area contributed by atoms with E-state index in [2.05, 4.69) is 150 Å². The molecule has 4 heteroatoms. The summed E-state index contributed by atoms with van der Waals surface area (Å²) in [5.74, 6) is 0.694. The fourth-order valence-corrected chi connectivity index (χ4v) is 6.68. The van der Waals surface area contributed by atoms with Gasteiger partial charge in [0.05, 0.1) is 22.6 Å². The van der Waals surface area contributed by atoms with Gasteiger partial charge in [-0.1, -0.05) is 164 Å². The molecule has 0 aliphatic rings.